The van der Waals surface area contributed by atoms with Gasteiger partial charge >= 0.3 is 5.97 Å². The maximum atomic E-state index is 13.8. The van der Waals surface area contributed by atoms with Crippen LogP contribution in [-0.2, 0) is 9.53 Å². The summed E-state index contributed by atoms with van der Waals surface area (Å²) in [5.74, 6) is 0.758. The van der Waals surface area contributed by atoms with Gasteiger partial charge < -0.3 is 13.9 Å². The SMILES string of the molecule is CCOC(=O)C1=C(C)N=c2s/c(=C\c3ccc(OC)cc3)c(=O)n2[C@@H]1c1ccc(-c2cc([N+](=O)[O-])ccc2C)o1. The van der Waals surface area contributed by atoms with Gasteiger partial charge in [0.05, 0.1) is 34.4 Å². The maximum Gasteiger partial charge on any atom is 0.338 e. The fourth-order valence-electron chi connectivity index (χ4n) is 4.55. The highest BCUT2D eigenvalue weighted by atomic mass is 32.1. The lowest BCUT2D eigenvalue weighted by molar-refractivity contribution is -0.384. The first kappa shape index (κ1) is 26.8. The van der Waals surface area contributed by atoms with Gasteiger partial charge in [-0.15, -0.1) is 0 Å². The number of aryl methyl sites for hydroxylation is 1. The van der Waals surface area contributed by atoms with E-state index in [2.05, 4.69) is 4.99 Å². The van der Waals surface area contributed by atoms with E-state index < -0.39 is 16.9 Å². The molecule has 1 atom stereocenters. The molecule has 0 N–H and O–H groups in total. The van der Waals surface area contributed by atoms with Gasteiger partial charge in [0, 0.05) is 17.7 Å². The van der Waals surface area contributed by atoms with Crippen LogP contribution in [-0.4, -0.2) is 29.2 Å². The molecule has 0 saturated carbocycles. The van der Waals surface area contributed by atoms with E-state index in [1.165, 1.54) is 28.0 Å². The summed E-state index contributed by atoms with van der Waals surface area (Å²) in [4.78, 5) is 42.8. The van der Waals surface area contributed by atoms with Crippen molar-refractivity contribution in [3.8, 4) is 17.1 Å². The fourth-order valence-corrected chi connectivity index (χ4v) is 5.59. The number of furan rings is 1. The molecule has 40 heavy (non-hydrogen) atoms. The molecule has 2 aromatic heterocycles. The molecule has 1 aliphatic rings. The number of hydrogen-bond donors (Lipinski definition) is 0. The fraction of sp³-hybridized carbons (Fsp3) is 0.207. The molecule has 10 nitrogen and oxygen atoms in total. The molecule has 3 heterocycles. The Balaban J connectivity index is 1.67. The zero-order valence-corrected chi connectivity index (χ0v) is 23.0. The Morgan fingerprint density at radius 3 is 2.60 bits per heavy atom. The molecule has 0 unspecified atom stereocenters. The summed E-state index contributed by atoms with van der Waals surface area (Å²) in [5.41, 5.74) is 2.27. The molecule has 0 amide bonds. The minimum absolute atomic E-state index is 0.0759. The number of carbonyl (C=O) groups is 1. The minimum atomic E-state index is -0.943. The van der Waals surface area contributed by atoms with Gasteiger partial charge in [0.15, 0.2) is 4.80 Å². The van der Waals surface area contributed by atoms with Crippen molar-refractivity contribution in [2.75, 3.05) is 13.7 Å². The van der Waals surface area contributed by atoms with Crippen LogP contribution in [0.5, 0.6) is 5.75 Å². The molecule has 4 aromatic rings. The summed E-state index contributed by atoms with van der Waals surface area (Å²) < 4.78 is 18.6. The van der Waals surface area contributed by atoms with E-state index in [-0.39, 0.29) is 23.4 Å². The van der Waals surface area contributed by atoms with Gasteiger partial charge in [-0.05, 0) is 62.2 Å². The maximum absolute atomic E-state index is 13.8. The predicted octanol–water partition coefficient (Wildman–Crippen LogP) is 4.28. The molecule has 0 spiro atoms. The number of carbonyl (C=O) groups excluding carboxylic acids is 1. The highest BCUT2D eigenvalue weighted by Crippen LogP contribution is 2.36. The van der Waals surface area contributed by atoms with E-state index in [0.29, 0.717) is 37.9 Å². The van der Waals surface area contributed by atoms with Crippen LogP contribution in [0, 0.1) is 17.0 Å². The van der Waals surface area contributed by atoms with Gasteiger partial charge in [-0.2, -0.15) is 0 Å². The molecule has 204 valence electrons. The lowest BCUT2D eigenvalue weighted by Crippen LogP contribution is -2.39. The third kappa shape index (κ3) is 4.87. The summed E-state index contributed by atoms with van der Waals surface area (Å²) in [6, 6.07) is 14.2. The molecule has 2 aromatic carbocycles. The van der Waals surface area contributed by atoms with Crippen LogP contribution in [0.1, 0.15) is 36.8 Å². The number of fused-ring (bicyclic) bond motifs is 1. The van der Waals surface area contributed by atoms with Gasteiger partial charge in [-0.3, -0.25) is 19.5 Å². The zero-order chi connectivity index (χ0) is 28.6. The molecule has 5 rings (SSSR count). The van der Waals surface area contributed by atoms with Crippen molar-refractivity contribution in [3.05, 3.63) is 113 Å². The van der Waals surface area contributed by atoms with Crippen molar-refractivity contribution in [2.24, 2.45) is 4.99 Å². The predicted molar refractivity (Wildman–Crippen MR) is 149 cm³/mol. The molecule has 0 radical (unpaired) electrons. The molecule has 0 saturated heterocycles. The standard InChI is InChI=1S/C29H25N3O7S/c1-5-38-28(34)25-17(3)30-29-31(27(33)24(40-29)14-18-7-10-20(37-4)11-8-18)26(25)23-13-12-22(39-23)21-15-19(32(35)36)9-6-16(21)2/h6-15,26H,5H2,1-4H3/b24-14-/t26-/m1/s1. The van der Waals surface area contributed by atoms with E-state index in [4.69, 9.17) is 13.9 Å². The van der Waals surface area contributed by atoms with Crippen molar-refractivity contribution < 1.29 is 23.6 Å². The van der Waals surface area contributed by atoms with Crippen LogP contribution >= 0.6 is 11.3 Å². The normalized spacial score (nSPS) is 15.0. The van der Waals surface area contributed by atoms with Gasteiger partial charge in [-0.25, -0.2) is 9.79 Å². The second kappa shape index (κ2) is 10.8. The third-order valence-corrected chi connectivity index (χ3v) is 7.51. The van der Waals surface area contributed by atoms with Gasteiger partial charge in [0.1, 0.15) is 23.3 Å². The summed E-state index contributed by atoms with van der Waals surface area (Å²) in [6.07, 6.45) is 1.75. The van der Waals surface area contributed by atoms with Crippen molar-refractivity contribution in [2.45, 2.75) is 26.8 Å². The topological polar surface area (TPSA) is 126 Å². The number of methoxy groups -OCH3 is 1. The Morgan fingerprint density at radius 1 is 1.18 bits per heavy atom. The number of rotatable bonds is 7. The van der Waals surface area contributed by atoms with Gasteiger partial charge in [0.2, 0.25) is 0 Å². The molecule has 1 aliphatic heterocycles. The third-order valence-electron chi connectivity index (χ3n) is 6.52. The number of esters is 1. The number of allylic oxidation sites excluding steroid dienone is 1. The number of nitro groups is 1. The summed E-state index contributed by atoms with van der Waals surface area (Å²) >= 11 is 1.20. The molecular weight excluding hydrogens is 534 g/mol. The largest absolute Gasteiger partial charge is 0.497 e. The Labute approximate surface area is 232 Å². The average Bonchev–Trinajstić information content (AvgIpc) is 3.53. The number of ether oxygens (including phenoxy) is 2. The first-order chi connectivity index (χ1) is 19.2. The van der Waals surface area contributed by atoms with Crippen LogP contribution in [0.25, 0.3) is 17.4 Å². The minimum Gasteiger partial charge on any atom is -0.497 e. The summed E-state index contributed by atoms with van der Waals surface area (Å²) in [7, 11) is 1.58. The number of aromatic nitrogens is 1. The van der Waals surface area contributed by atoms with E-state index >= 15 is 0 Å². The number of benzene rings is 2. The Bertz CT molecular complexity index is 1850. The second-order valence-electron chi connectivity index (χ2n) is 9.03. The Morgan fingerprint density at radius 2 is 1.93 bits per heavy atom. The van der Waals surface area contributed by atoms with Crippen LogP contribution in [0.15, 0.2) is 80.1 Å². The van der Waals surface area contributed by atoms with Crippen molar-refractivity contribution in [1.29, 1.82) is 0 Å². The molecule has 11 heteroatoms. The van der Waals surface area contributed by atoms with Crippen LogP contribution < -0.4 is 19.6 Å². The van der Waals surface area contributed by atoms with E-state index in [1.807, 2.05) is 19.1 Å². The summed E-state index contributed by atoms with van der Waals surface area (Å²) in [5, 5.41) is 11.4. The highest BCUT2D eigenvalue weighted by Gasteiger charge is 2.35. The molecular formula is C29H25N3O7S. The number of nitrogens with zero attached hydrogens (tertiary/aromatic N) is 3. The lowest BCUT2D eigenvalue weighted by atomic mass is 10.0. The Kier molecular flexibility index (Phi) is 7.22. The highest BCUT2D eigenvalue weighted by molar-refractivity contribution is 7.07. The number of non-ortho nitro benzene ring substituents is 1. The van der Waals surface area contributed by atoms with E-state index in [1.54, 1.807) is 57.4 Å². The smallest absolute Gasteiger partial charge is 0.338 e. The Hall–Kier alpha value is -4.77. The number of nitro benzene ring substituents is 1. The van der Waals surface area contributed by atoms with E-state index in [0.717, 1.165) is 11.1 Å². The molecule has 0 fully saturated rings. The summed E-state index contributed by atoms with van der Waals surface area (Å²) in [6.45, 7) is 5.34. The van der Waals surface area contributed by atoms with Crippen molar-refractivity contribution in [1.82, 2.24) is 4.57 Å². The van der Waals surface area contributed by atoms with E-state index in [9.17, 15) is 19.7 Å². The number of thiazole rings is 1. The first-order valence-corrected chi connectivity index (χ1v) is 13.2. The van der Waals surface area contributed by atoms with Crippen molar-refractivity contribution in [3.63, 3.8) is 0 Å². The quantitative estimate of drug-likeness (QED) is 0.188. The average molecular weight is 560 g/mol. The van der Waals surface area contributed by atoms with Crippen LogP contribution in [0.4, 0.5) is 5.69 Å². The first-order valence-electron chi connectivity index (χ1n) is 12.4. The van der Waals surface area contributed by atoms with Gasteiger partial charge in [-0.1, -0.05) is 29.5 Å². The lowest BCUT2D eigenvalue weighted by Gasteiger charge is -2.22. The van der Waals surface area contributed by atoms with Crippen LogP contribution in [0.3, 0.4) is 0 Å². The monoisotopic (exact) mass is 559 g/mol. The van der Waals surface area contributed by atoms with Gasteiger partial charge in [0.25, 0.3) is 11.2 Å². The second-order valence-corrected chi connectivity index (χ2v) is 10.0. The van der Waals surface area contributed by atoms with Crippen LogP contribution in [0.2, 0.25) is 0 Å². The zero-order valence-electron chi connectivity index (χ0n) is 22.2. The van der Waals surface area contributed by atoms with Crippen molar-refractivity contribution >= 4 is 29.1 Å². The number of hydrogen-bond acceptors (Lipinski definition) is 9. The molecule has 0 aliphatic carbocycles. The molecule has 0 bridgehead atoms.